The zero-order valence-corrected chi connectivity index (χ0v) is 25.0. The van der Waals surface area contributed by atoms with Crippen LogP contribution in [0, 0.1) is 5.92 Å². The topological polar surface area (TPSA) is 149 Å². The molecule has 4 heterocycles. The lowest BCUT2D eigenvalue weighted by atomic mass is 9.93. The fourth-order valence-corrected chi connectivity index (χ4v) is 5.33. The number of fused-ring (bicyclic) bond motifs is 1. The molecule has 0 radical (unpaired) electrons. The van der Waals surface area contributed by atoms with E-state index < -0.39 is 34.9 Å². The van der Waals surface area contributed by atoms with E-state index in [1.807, 2.05) is 31.1 Å². The average Bonchev–Trinajstić information content (AvgIpc) is 3.36. The molecule has 11 nitrogen and oxygen atoms in total. The van der Waals surface area contributed by atoms with Crippen molar-refractivity contribution in [2.75, 3.05) is 23.3 Å². The van der Waals surface area contributed by atoms with E-state index in [2.05, 4.69) is 10.3 Å². The fourth-order valence-electron chi connectivity index (χ4n) is 4.40. The number of pyridine rings is 1. The van der Waals surface area contributed by atoms with Crippen molar-refractivity contribution in [2.45, 2.75) is 65.4 Å². The molecule has 0 saturated carbocycles. The molecule has 3 aromatic rings. The highest BCUT2D eigenvalue weighted by Crippen LogP contribution is 2.27. The molecule has 0 spiro atoms. The maximum absolute atomic E-state index is 13.7. The molecule has 3 N–H and O–H groups in total. The van der Waals surface area contributed by atoms with Crippen LogP contribution in [0.3, 0.4) is 0 Å². The van der Waals surface area contributed by atoms with E-state index in [0.29, 0.717) is 35.9 Å². The monoisotopic (exact) mass is 580 g/mol. The number of esters is 1. The molecule has 0 aromatic carbocycles. The van der Waals surface area contributed by atoms with Crippen molar-refractivity contribution in [3.63, 3.8) is 0 Å². The predicted octanol–water partition coefficient (Wildman–Crippen LogP) is 3.76. The van der Waals surface area contributed by atoms with Gasteiger partial charge in [0.05, 0.1) is 17.2 Å². The lowest BCUT2D eigenvalue weighted by molar-refractivity contribution is -0.148. The summed E-state index contributed by atoms with van der Waals surface area (Å²) in [5, 5.41) is 5.20. The largest absolute Gasteiger partial charge is 0.457 e. The summed E-state index contributed by atoms with van der Waals surface area (Å²) in [7, 11) is 0. The van der Waals surface area contributed by atoms with Crippen molar-refractivity contribution in [2.24, 2.45) is 11.7 Å². The first-order valence-corrected chi connectivity index (χ1v) is 14.3. The van der Waals surface area contributed by atoms with Gasteiger partial charge in [0.2, 0.25) is 5.91 Å². The summed E-state index contributed by atoms with van der Waals surface area (Å²) in [6.07, 6.45) is 5.36. The zero-order chi connectivity index (χ0) is 30.1. The number of carbonyl (C=O) groups is 3. The Balaban J connectivity index is 1.73. The molecule has 1 unspecified atom stereocenters. The van der Waals surface area contributed by atoms with Crippen LogP contribution in [0.4, 0.5) is 10.9 Å². The van der Waals surface area contributed by atoms with E-state index in [9.17, 15) is 19.2 Å². The third-order valence-electron chi connectivity index (χ3n) is 6.52. The summed E-state index contributed by atoms with van der Waals surface area (Å²) >= 11 is 1.34. The summed E-state index contributed by atoms with van der Waals surface area (Å²) in [5.41, 5.74) is 5.86. The Morgan fingerprint density at radius 2 is 1.90 bits per heavy atom. The van der Waals surface area contributed by atoms with Gasteiger partial charge in [-0.05, 0) is 51.8 Å². The molecule has 1 fully saturated rings. The van der Waals surface area contributed by atoms with Gasteiger partial charge in [0.15, 0.2) is 5.13 Å². The summed E-state index contributed by atoms with van der Waals surface area (Å²) in [6, 6.07) is 3.05. The molecule has 12 heteroatoms. The number of hydrogen-bond donors (Lipinski definition) is 2. The van der Waals surface area contributed by atoms with Crippen molar-refractivity contribution < 1.29 is 19.1 Å². The number of primary amides is 1. The first-order chi connectivity index (χ1) is 19.1. The molecule has 218 valence electrons. The molecule has 1 atom stereocenters. The molecule has 2 amide bonds. The minimum atomic E-state index is -0.702. The molecular weight excluding hydrogens is 544 g/mol. The van der Waals surface area contributed by atoms with Crippen LogP contribution in [0.2, 0.25) is 0 Å². The van der Waals surface area contributed by atoms with Gasteiger partial charge in [0.1, 0.15) is 17.1 Å². The van der Waals surface area contributed by atoms with E-state index in [0.717, 1.165) is 5.69 Å². The summed E-state index contributed by atoms with van der Waals surface area (Å²) in [5.74, 6) is -1.52. The number of aromatic nitrogens is 3. The molecule has 1 saturated heterocycles. The smallest absolute Gasteiger partial charge is 0.331 e. The first kappa shape index (κ1) is 29.9. The quantitative estimate of drug-likeness (QED) is 0.331. The van der Waals surface area contributed by atoms with Crippen LogP contribution in [0.1, 0.15) is 76.0 Å². The van der Waals surface area contributed by atoms with E-state index in [1.165, 1.54) is 46.2 Å². The summed E-state index contributed by atoms with van der Waals surface area (Å²) in [4.78, 5) is 62.2. The number of nitrogens with two attached hydrogens (primary N) is 1. The minimum absolute atomic E-state index is 0.151. The lowest BCUT2D eigenvalue weighted by Crippen LogP contribution is -2.42. The van der Waals surface area contributed by atoms with Crippen molar-refractivity contribution in [1.29, 1.82) is 0 Å². The van der Waals surface area contributed by atoms with Crippen LogP contribution in [-0.4, -0.2) is 50.8 Å². The van der Waals surface area contributed by atoms with Crippen molar-refractivity contribution in [1.82, 2.24) is 14.4 Å². The van der Waals surface area contributed by atoms with Gasteiger partial charge in [-0.3, -0.25) is 24.1 Å². The highest BCUT2D eigenvalue weighted by molar-refractivity contribution is 7.14. The Labute approximate surface area is 242 Å². The van der Waals surface area contributed by atoms with E-state index in [1.54, 1.807) is 20.8 Å². The minimum Gasteiger partial charge on any atom is -0.457 e. The number of anilines is 2. The molecule has 4 rings (SSSR count). The van der Waals surface area contributed by atoms with Gasteiger partial charge in [-0.1, -0.05) is 20.8 Å². The van der Waals surface area contributed by atoms with Crippen LogP contribution >= 0.6 is 11.3 Å². The van der Waals surface area contributed by atoms with Crippen molar-refractivity contribution in [3.05, 3.63) is 57.0 Å². The number of carbonyl (C=O) groups excluding carboxylic acids is 3. The maximum Gasteiger partial charge on any atom is 0.331 e. The Morgan fingerprint density at radius 1 is 1.17 bits per heavy atom. The third kappa shape index (κ3) is 7.18. The molecule has 0 bridgehead atoms. The van der Waals surface area contributed by atoms with Gasteiger partial charge in [-0.2, -0.15) is 0 Å². The highest BCUT2D eigenvalue weighted by Gasteiger charge is 2.28. The van der Waals surface area contributed by atoms with E-state index in [-0.39, 0.29) is 23.2 Å². The first-order valence-electron chi connectivity index (χ1n) is 13.4. The summed E-state index contributed by atoms with van der Waals surface area (Å²) in [6.45, 7) is 12.2. The third-order valence-corrected chi connectivity index (χ3v) is 7.27. The van der Waals surface area contributed by atoms with Gasteiger partial charge in [-0.15, -0.1) is 11.3 Å². The number of thiazole rings is 1. The van der Waals surface area contributed by atoms with Crippen molar-refractivity contribution in [3.8, 4) is 0 Å². The van der Waals surface area contributed by atoms with Crippen LogP contribution < -0.4 is 21.5 Å². The molecular formula is C29H36N6O5S. The number of hydrogen-bond acceptors (Lipinski definition) is 9. The fraction of sp³-hybridized carbons (Fsp3) is 0.448. The standard InChI is InChI=1S/C29H36N6O5S/c1-28(2,3)20-16-41-27(31-20)33-25(38)17-11-13-35-21(14-17)32-24(34-12-7-8-18(15-34)23(30)37)19(26(35)39)9-10-22(36)40-29(4,5)6/h9-11,13-14,16,18H,7-8,12,15H2,1-6H3,(H2,30,37)(H,31,33,38). The van der Waals surface area contributed by atoms with E-state index in [4.69, 9.17) is 15.5 Å². The second kappa shape index (κ2) is 11.4. The number of rotatable bonds is 6. The molecule has 41 heavy (non-hydrogen) atoms. The second-order valence-corrected chi connectivity index (χ2v) is 13.0. The van der Waals surface area contributed by atoms with Crippen LogP contribution in [0.15, 0.2) is 34.6 Å². The Kier molecular flexibility index (Phi) is 8.34. The lowest BCUT2D eigenvalue weighted by Gasteiger charge is -2.33. The maximum atomic E-state index is 13.7. The van der Waals surface area contributed by atoms with E-state index >= 15 is 0 Å². The zero-order valence-electron chi connectivity index (χ0n) is 24.2. The average molecular weight is 581 g/mol. The second-order valence-electron chi connectivity index (χ2n) is 12.1. The number of ether oxygens (including phenoxy) is 1. The van der Waals surface area contributed by atoms with Crippen molar-refractivity contribution >= 4 is 51.8 Å². The molecule has 1 aliphatic heterocycles. The van der Waals surface area contributed by atoms with Crippen LogP contribution in [0.25, 0.3) is 11.7 Å². The molecule has 1 aliphatic rings. The summed E-state index contributed by atoms with van der Waals surface area (Å²) < 4.78 is 6.66. The van der Waals surface area contributed by atoms with Gasteiger partial charge in [0.25, 0.3) is 11.5 Å². The highest BCUT2D eigenvalue weighted by atomic mass is 32.1. The number of nitrogens with zero attached hydrogens (tertiary/aromatic N) is 4. The van der Waals surface area contributed by atoms with Crippen LogP contribution in [0.5, 0.6) is 0 Å². The molecule has 0 aliphatic carbocycles. The number of nitrogens with one attached hydrogen (secondary N) is 1. The Bertz CT molecular complexity index is 1580. The van der Waals surface area contributed by atoms with Crippen LogP contribution in [-0.2, 0) is 19.7 Å². The van der Waals surface area contributed by atoms with Gasteiger partial charge in [0, 0.05) is 41.7 Å². The predicted molar refractivity (Wildman–Crippen MR) is 159 cm³/mol. The van der Waals surface area contributed by atoms with Gasteiger partial charge < -0.3 is 15.4 Å². The Hall–Kier alpha value is -4.06. The SMILES string of the molecule is CC(C)(C)OC(=O)C=Cc1c(N2CCCC(C(N)=O)C2)nc2cc(C(=O)Nc3nc(C(C)(C)C)cs3)ccn2c1=O. The number of amides is 2. The van der Waals surface area contributed by atoms with Gasteiger partial charge >= 0.3 is 5.97 Å². The van der Waals surface area contributed by atoms with Gasteiger partial charge in [-0.25, -0.2) is 14.8 Å². The molecule has 3 aromatic heterocycles. The normalized spacial score (nSPS) is 16.2. The number of piperidine rings is 1. The Morgan fingerprint density at radius 3 is 2.54 bits per heavy atom.